The first-order valence-corrected chi connectivity index (χ1v) is 9.99. The molecule has 0 N–H and O–H groups in total. The van der Waals surface area contributed by atoms with Crippen LogP contribution >= 0.6 is 11.8 Å². The number of benzene rings is 2. The van der Waals surface area contributed by atoms with Crippen LogP contribution in [0.4, 0.5) is 0 Å². The molecule has 0 radical (unpaired) electrons. The Hall–Kier alpha value is -2.60. The number of amides is 1. The first-order chi connectivity index (χ1) is 13.1. The van der Waals surface area contributed by atoms with Crippen molar-refractivity contribution in [2.45, 2.75) is 23.2 Å². The van der Waals surface area contributed by atoms with Gasteiger partial charge in [0.1, 0.15) is 5.25 Å². The zero-order valence-corrected chi connectivity index (χ0v) is 16.0. The molecule has 1 fully saturated rings. The molecule has 1 aromatic heterocycles. The molecule has 0 spiro atoms. The number of aromatic nitrogens is 2. The Labute approximate surface area is 162 Å². The van der Waals surface area contributed by atoms with E-state index in [4.69, 9.17) is 0 Å². The SMILES string of the molecule is Cn1c(SC(C(=O)N2CCCC2)c2ccccc2)nc2ccccc2c1=O. The average molecular weight is 379 g/mol. The van der Waals surface area contributed by atoms with Gasteiger partial charge in [0, 0.05) is 20.1 Å². The van der Waals surface area contributed by atoms with Crippen LogP contribution in [-0.4, -0.2) is 33.4 Å². The Morgan fingerprint density at radius 2 is 1.70 bits per heavy atom. The molecular weight excluding hydrogens is 358 g/mol. The van der Waals surface area contributed by atoms with Gasteiger partial charge in [0.15, 0.2) is 5.16 Å². The summed E-state index contributed by atoms with van der Waals surface area (Å²) in [7, 11) is 1.71. The molecule has 1 amide bonds. The predicted octanol–water partition coefficient (Wildman–Crippen LogP) is 3.39. The van der Waals surface area contributed by atoms with E-state index in [2.05, 4.69) is 4.98 Å². The van der Waals surface area contributed by atoms with Gasteiger partial charge < -0.3 is 4.90 Å². The molecule has 1 saturated heterocycles. The van der Waals surface area contributed by atoms with Crippen molar-refractivity contribution in [1.82, 2.24) is 14.5 Å². The molecule has 3 aromatic rings. The molecular formula is C21H21N3O2S. The van der Waals surface area contributed by atoms with Gasteiger partial charge in [0.2, 0.25) is 5.91 Å². The van der Waals surface area contributed by atoms with Gasteiger partial charge in [-0.05, 0) is 30.5 Å². The van der Waals surface area contributed by atoms with Crippen LogP contribution in [-0.2, 0) is 11.8 Å². The molecule has 5 nitrogen and oxygen atoms in total. The predicted molar refractivity (Wildman–Crippen MR) is 108 cm³/mol. The summed E-state index contributed by atoms with van der Waals surface area (Å²) in [6.07, 6.45) is 2.09. The van der Waals surface area contributed by atoms with E-state index in [0.29, 0.717) is 16.1 Å². The second kappa shape index (κ2) is 7.56. The maximum absolute atomic E-state index is 13.2. The molecule has 2 aromatic carbocycles. The number of carbonyl (C=O) groups is 1. The number of para-hydroxylation sites is 1. The fraction of sp³-hybridized carbons (Fsp3) is 0.286. The summed E-state index contributed by atoms with van der Waals surface area (Å²) in [6.45, 7) is 1.60. The standard InChI is InChI=1S/C21H21N3O2S/c1-23-19(25)16-11-5-6-12-17(16)22-21(23)27-18(15-9-3-2-4-10-15)20(26)24-13-7-8-14-24/h2-6,9-12,18H,7-8,13-14H2,1H3. The third kappa shape index (κ3) is 3.49. The summed E-state index contributed by atoms with van der Waals surface area (Å²) in [4.78, 5) is 32.5. The van der Waals surface area contributed by atoms with Crippen LogP contribution < -0.4 is 5.56 Å². The smallest absolute Gasteiger partial charge is 0.261 e. The summed E-state index contributed by atoms with van der Waals surface area (Å²) >= 11 is 1.35. The molecule has 6 heteroatoms. The lowest BCUT2D eigenvalue weighted by Gasteiger charge is -2.23. The Kier molecular flexibility index (Phi) is 4.99. The highest BCUT2D eigenvalue weighted by molar-refractivity contribution is 8.00. The zero-order valence-electron chi connectivity index (χ0n) is 15.2. The van der Waals surface area contributed by atoms with Crippen molar-refractivity contribution in [3.05, 3.63) is 70.5 Å². The molecule has 27 heavy (non-hydrogen) atoms. The first-order valence-electron chi connectivity index (χ1n) is 9.11. The van der Waals surface area contributed by atoms with E-state index in [9.17, 15) is 9.59 Å². The monoisotopic (exact) mass is 379 g/mol. The third-order valence-electron chi connectivity index (χ3n) is 4.91. The Morgan fingerprint density at radius 1 is 1.04 bits per heavy atom. The molecule has 0 bridgehead atoms. The summed E-state index contributed by atoms with van der Waals surface area (Å²) < 4.78 is 1.54. The molecule has 138 valence electrons. The van der Waals surface area contributed by atoms with E-state index in [1.54, 1.807) is 17.7 Å². The molecule has 0 saturated carbocycles. The fourth-order valence-corrected chi connectivity index (χ4v) is 4.55. The molecule has 2 heterocycles. The van der Waals surface area contributed by atoms with E-state index in [1.165, 1.54) is 11.8 Å². The quantitative estimate of drug-likeness (QED) is 0.515. The summed E-state index contributed by atoms with van der Waals surface area (Å²) in [5.74, 6) is 0.0890. The summed E-state index contributed by atoms with van der Waals surface area (Å²) in [5, 5.41) is 0.732. The number of carbonyl (C=O) groups excluding carboxylic acids is 1. The number of hydrogen-bond acceptors (Lipinski definition) is 4. The van der Waals surface area contributed by atoms with Gasteiger partial charge in [-0.15, -0.1) is 0 Å². The van der Waals surface area contributed by atoms with E-state index in [0.717, 1.165) is 31.5 Å². The fourth-order valence-electron chi connectivity index (χ4n) is 3.40. The lowest BCUT2D eigenvalue weighted by Crippen LogP contribution is -2.32. The van der Waals surface area contributed by atoms with Crippen molar-refractivity contribution in [2.75, 3.05) is 13.1 Å². The molecule has 1 unspecified atom stereocenters. The molecule has 1 aliphatic rings. The maximum atomic E-state index is 13.2. The van der Waals surface area contributed by atoms with E-state index in [-0.39, 0.29) is 11.5 Å². The highest BCUT2D eigenvalue weighted by atomic mass is 32.2. The Morgan fingerprint density at radius 3 is 2.44 bits per heavy atom. The average Bonchev–Trinajstić information content (AvgIpc) is 3.25. The van der Waals surface area contributed by atoms with Crippen LogP contribution in [0.2, 0.25) is 0 Å². The largest absolute Gasteiger partial charge is 0.341 e. The Bertz CT molecular complexity index is 1030. The van der Waals surface area contributed by atoms with E-state index < -0.39 is 5.25 Å². The van der Waals surface area contributed by atoms with Crippen LogP contribution in [0.25, 0.3) is 10.9 Å². The number of likely N-dealkylation sites (tertiary alicyclic amines) is 1. The van der Waals surface area contributed by atoms with Gasteiger partial charge in [-0.3, -0.25) is 14.2 Å². The van der Waals surface area contributed by atoms with Gasteiger partial charge in [-0.2, -0.15) is 0 Å². The minimum Gasteiger partial charge on any atom is -0.341 e. The highest BCUT2D eigenvalue weighted by Gasteiger charge is 2.30. The maximum Gasteiger partial charge on any atom is 0.261 e. The number of nitrogens with zero attached hydrogens (tertiary/aromatic N) is 3. The van der Waals surface area contributed by atoms with Crippen molar-refractivity contribution in [2.24, 2.45) is 7.05 Å². The summed E-state index contributed by atoms with van der Waals surface area (Å²) in [5.41, 5.74) is 1.49. The first kappa shape index (κ1) is 17.8. The molecule has 1 atom stereocenters. The van der Waals surface area contributed by atoms with Crippen molar-refractivity contribution in [3.8, 4) is 0 Å². The normalized spacial score (nSPS) is 15.2. The number of rotatable bonds is 4. The van der Waals surface area contributed by atoms with Gasteiger partial charge in [-0.1, -0.05) is 54.2 Å². The van der Waals surface area contributed by atoms with Crippen LogP contribution in [0, 0.1) is 0 Å². The Balaban J connectivity index is 1.75. The minimum atomic E-state index is -0.413. The van der Waals surface area contributed by atoms with Crippen molar-refractivity contribution in [3.63, 3.8) is 0 Å². The minimum absolute atomic E-state index is 0.0890. The topological polar surface area (TPSA) is 55.2 Å². The van der Waals surface area contributed by atoms with Gasteiger partial charge in [-0.25, -0.2) is 4.98 Å². The van der Waals surface area contributed by atoms with Crippen LogP contribution in [0.3, 0.4) is 0 Å². The van der Waals surface area contributed by atoms with Crippen molar-refractivity contribution < 1.29 is 4.79 Å². The third-order valence-corrected chi connectivity index (χ3v) is 6.20. The van der Waals surface area contributed by atoms with Crippen LogP contribution in [0.1, 0.15) is 23.7 Å². The number of hydrogen-bond donors (Lipinski definition) is 0. The van der Waals surface area contributed by atoms with Crippen LogP contribution in [0.15, 0.2) is 64.5 Å². The molecule has 1 aliphatic heterocycles. The summed E-state index contributed by atoms with van der Waals surface area (Å²) in [6, 6.07) is 17.1. The second-order valence-electron chi connectivity index (χ2n) is 6.72. The second-order valence-corrected chi connectivity index (χ2v) is 7.79. The number of thioether (sulfide) groups is 1. The van der Waals surface area contributed by atoms with E-state index >= 15 is 0 Å². The number of fused-ring (bicyclic) bond motifs is 1. The van der Waals surface area contributed by atoms with E-state index in [1.807, 2.05) is 53.4 Å². The molecule has 4 rings (SSSR count). The van der Waals surface area contributed by atoms with Crippen molar-refractivity contribution in [1.29, 1.82) is 0 Å². The lowest BCUT2D eigenvalue weighted by atomic mass is 10.1. The molecule has 0 aliphatic carbocycles. The lowest BCUT2D eigenvalue weighted by molar-refractivity contribution is -0.129. The van der Waals surface area contributed by atoms with Crippen LogP contribution in [0.5, 0.6) is 0 Å². The van der Waals surface area contributed by atoms with Crippen molar-refractivity contribution >= 4 is 28.6 Å². The van der Waals surface area contributed by atoms with Gasteiger partial charge in [0.25, 0.3) is 5.56 Å². The van der Waals surface area contributed by atoms with Gasteiger partial charge >= 0.3 is 0 Å². The van der Waals surface area contributed by atoms with Gasteiger partial charge in [0.05, 0.1) is 10.9 Å². The zero-order chi connectivity index (χ0) is 18.8. The highest BCUT2D eigenvalue weighted by Crippen LogP contribution is 2.36.